The van der Waals surface area contributed by atoms with Crippen molar-refractivity contribution in [3.05, 3.63) is 87.5 Å². The monoisotopic (exact) mass is 523 g/mol. The zero-order valence-corrected chi connectivity index (χ0v) is 23.8. The third-order valence-electron chi connectivity index (χ3n) is 8.62. The Bertz CT molecular complexity index is 1300. The molecule has 1 N–H and O–H groups in total. The van der Waals surface area contributed by atoms with Crippen molar-refractivity contribution in [3.63, 3.8) is 0 Å². The zero-order chi connectivity index (χ0) is 27.9. The number of methoxy groups -OCH3 is 1. The Labute approximate surface area is 233 Å². The van der Waals surface area contributed by atoms with Crippen LogP contribution in [0.4, 0.5) is 0 Å². The first kappa shape index (κ1) is 28.5. The Morgan fingerprint density at radius 3 is 2.31 bits per heavy atom. The van der Waals surface area contributed by atoms with Crippen LogP contribution in [0, 0.1) is 16.7 Å². The summed E-state index contributed by atoms with van der Waals surface area (Å²) in [6.45, 7) is 8.06. The topological polar surface area (TPSA) is 77.2 Å². The number of amides is 1. The molecule has 0 aromatic heterocycles. The van der Waals surface area contributed by atoms with E-state index in [1.54, 1.807) is 14.0 Å². The maximum atomic E-state index is 13.6. The van der Waals surface area contributed by atoms with E-state index in [1.165, 1.54) is 47.1 Å². The van der Waals surface area contributed by atoms with Gasteiger partial charge in [-0.2, -0.15) is 5.26 Å². The molecule has 1 heterocycles. The minimum absolute atomic E-state index is 0.113. The summed E-state index contributed by atoms with van der Waals surface area (Å²) in [7, 11) is 1.66. The highest BCUT2D eigenvalue weighted by Gasteiger charge is 2.27. The van der Waals surface area contributed by atoms with Crippen LogP contribution in [-0.4, -0.2) is 43.3 Å². The van der Waals surface area contributed by atoms with E-state index in [-0.39, 0.29) is 5.91 Å². The SMILES string of the molecule is COC/C(=C/C/C(C)=C(\C)c1cc(C(=O)N2CCC(c3ccc(C#N)cc3)CC2)ccc1C1CCC1)C(C)=N. The molecule has 2 fully saturated rings. The molecule has 5 nitrogen and oxygen atoms in total. The summed E-state index contributed by atoms with van der Waals surface area (Å²) < 4.78 is 5.28. The number of nitriles is 1. The van der Waals surface area contributed by atoms with Crippen LogP contribution in [0.3, 0.4) is 0 Å². The average molecular weight is 524 g/mol. The number of rotatable bonds is 9. The average Bonchev–Trinajstić information content (AvgIpc) is 2.93. The largest absolute Gasteiger partial charge is 0.380 e. The summed E-state index contributed by atoms with van der Waals surface area (Å²) in [6, 6.07) is 16.4. The fourth-order valence-electron chi connectivity index (χ4n) is 5.65. The molecular weight excluding hydrogens is 482 g/mol. The van der Waals surface area contributed by atoms with Crippen molar-refractivity contribution in [1.82, 2.24) is 4.90 Å². The number of piperidine rings is 1. The Morgan fingerprint density at radius 2 is 1.74 bits per heavy atom. The van der Waals surface area contributed by atoms with Gasteiger partial charge in [0.2, 0.25) is 0 Å². The number of carbonyl (C=O) groups excluding carboxylic acids is 1. The maximum absolute atomic E-state index is 13.6. The number of allylic oxidation sites excluding steroid dienone is 3. The van der Waals surface area contributed by atoms with Crippen molar-refractivity contribution < 1.29 is 9.53 Å². The summed E-state index contributed by atoms with van der Waals surface area (Å²) in [5, 5.41) is 17.1. The molecule has 39 heavy (non-hydrogen) atoms. The molecule has 0 unspecified atom stereocenters. The van der Waals surface area contributed by atoms with Gasteiger partial charge in [-0.1, -0.05) is 36.3 Å². The molecule has 0 atom stereocenters. The summed E-state index contributed by atoms with van der Waals surface area (Å²) in [6.07, 6.45) is 8.41. The number of ether oxygens (including phenoxy) is 1. The molecule has 1 aliphatic heterocycles. The predicted molar refractivity (Wildman–Crippen MR) is 158 cm³/mol. The van der Waals surface area contributed by atoms with Crippen molar-refractivity contribution in [2.24, 2.45) is 0 Å². The molecular formula is C34H41N3O2. The summed E-state index contributed by atoms with van der Waals surface area (Å²) >= 11 is 0. The first-order chi connectivity index (χ1) is 18.8. The number of nitrogens with one attached hydrogen (secondary N) is 1. The lowest BCUT2D eigenvalue weighted by Crippen LogP contribution is -2.38. The third-order valence-corrected chi connectivity index (χ3v) is 8.62. The van der Waals surface area contributed by atoms with Crippen LogP contribution >= 0.6 is 0 Å². The second-order valence-electron chi connectivity index (χ2n) is 11.1. The van der Waals surface area contributed by atoms with E-state index < -0.39 is 0 Å². The summed E-state index contributed by atoms with van der Waals surface area (Å²) in [5.41, 5.74) is 9.18. The Kier molecular flexibility index (Phi) is 9.54. The lowest BCUT2D eigenvalue weighted by atomic mass is 9.76. The summed E-state index contributed by atoms with van der Waals surface area (Å²) in [5.74, 6) is 1.10. The van der Waals surface area contributed by atoms with Crippen LogP contribution in [-0.2, 0) is 4.74 Å². The smallest absolute Gasteiger partial charge is 0.253 e. The van der Waals surface area contributed by atoms with Crippen molar-refractivity contribution in [1.29, 1.82) is 10.7 Å². The molecule has 204 valence electrons. The highest BCUT2D eigenvalue weighted by Crippen LogP contribution is 2.41. The quantitative estimate of drug-likeness (QED) is 0.343. The number of hydrogen-bond acceptors (Lipinski definition) is 4. The first-order valence-corrected chi connectivity index (χ1v) is 14.2. The van der Waals surface area contributed by atoms with Gasteiger partial charge in [0.1, 0.15) is 0 Å². The molecule has 1 saturated heterocycles. The zero-order valence-electron chi connectivity index (χ0n) is 23.8. The molecule has 0 radical (unpaired) electrons. The van der Waals surface area contributed by atoms with Crippen molar-refractivity contribution >= 4 is 17.2 Å². The standard InChI is InChI=1S/C34H41N3O2/c1-23(8-11-31(22-39-4)25(3)36)24(2)33-20-30(14-15-32(33)29-6-5-7-29)34(38)37-18-16-28(17-19-37)27-12-9-26(21-35)10-13-27/h9-15,20,28-29,36H,5-8,16-19,22H2,1-4H3/b24-23+,31-11-,36-25?. The molecule has 0 bridgehead atoms. The van der Waals surface area contributed by atoms with E-state index in [2.05, 4.69) is 50.3 Å². The fourth-order valence-corrected chi connectivity index (χ4v) is 5.65. The van der Waals surface area contributed by atoms with Crippen molar-refractivity contribution in [2.75, 3.05) is 26.8 Å². The van der Waals surface area contributed by atoms with Crippen molar-refractivity contribution in [3.8, 4) is 6.07 Å². The van der Waals surface area contributed by atoms with E-state index in [0.29, 0.717) is 29.7 Å². The first-order valence-electron chi connectivity index (χ1n) is 14.2. The molecule has 2 aromatic rings. The lowest BCUT2D eigenvalue weighted by Gasteiger charge is -2.33. The Balaban J connectivity index is 1.53. The molecule has 0 spiro atoms. The van der Waals surface area contributed by atoms with Crippen LogP contribution in [0.15, 0.2) is 59.7 Å². The molecule has 2 aromatic carbocycles. The highest BCUT2D eigenvalue weighted by atomic mass is 16.5. The lowest BCUT2D eigenvalue weighted by molar-refractivity contribution is 0.0713. The van der Waals surface area contributed by atoms with Crippen LogP contribution in [0.2, 0.25) is 0 Å². The van der Waals surface area contributed by atoms with E-state index in [4.69, 9.17) is 15.4 Å². The van der Waals surface area contributed by atoms with Gasteiger partial charge < -0.3 is 15.0 Å². The maximum Gasteiger partial charge on any atom is 0.253 e. The number of carbonyl (C=O) groups is 1. The van der Waals surface area contributed by atoms with Gasteiger partial charge in [0.25, 0.3) is 5.91 Å². The second-order valence-corrected chi connectivity index (χ2v) is 11.1. The van der Waals surface area contributed by atoms with E-state index >= 15 is 0 Å². The number of likely N-dealkylation sites (tertiary alicyclic amines) is 1. The fraction of sp³-hybridized carbons (Fsp3) is 0.441. The molecule has 1 amide bonds. The minimum Gasteiger partial charge on any atom is -0.380 e. The van der Waals surface area contributed by atoms with E-state index in [1.807, 2.05) is 23.1 Å². The van der Waals surface area contributed by atoms with Gasteiger partial charge in [-0.05, 0) is 117 Å². The normalized spacial score (nSPS) is 17.3. The molecule has 2 aliphatic rings. The number of nitrogens with zero attached hydrogens (tertiary/aromatic N) is 2. The summed E-state index contributed by atoms with van der Waals surface area (Å²) in [4.78, 5) is 15.6. The Morgan fingerprint density at radius 1 is 1.05 bits per heavy atom. The van der Waals surface area contributed by atoms with Gasteiger partial charge in [0.15, 0.2) is 0 Å². The molecule has 5 heteroatoms. The van der Waals surface area contributed by atoms with Crippen LogP contribution in [0.5, 0.6) is 0 Å². The van der Waals surface area contributed by atoms with Crippen LogP contribution in [0.25, 0.3) is 5.57 Å². The van der Waals surface area contributed by atoms with Gasteiger partial charge in [-0.25, -0.2) is 0 Å². The van der Waals surface area contributed by atoms with Gasteiger partial charge in [0.05, 0.1) is 18.2 Å². The van der Waals surface area contributed by atoms with Gasteiger partial charge in [-0.15, -0.1) is 0 Å². The van der Waals surface area contributed by atoms with Crippen LogP contribution < -0.4 is 0 Å². The van der Waals surface area contributed by atoms with Gasteiger partial charge >= 0.3 is 0 Å². The number of benzene rings is 2. The highest BCUT2D eigenvalue weighted by molar-refractivity contribution is 5.96. The molecule has 1 aliphatic carbocycles. The number of hydrogen-bond donors (Lipinski definition) is 1. The van der Waals surface area contributed by atoms with Crippen molar-refractivity contribution in [2.45, 2.75) is 71.1 Å². The second kappa shape index (κ2) is 13.0. The van der Waals surface area contributed by atoms with Gasteiger partial charge in [0, 0.05) is 31.5 Å². The van der Waals surface area contributed by atoms with Crippen LogP contribution in [0.1, 0.15) is 104 Å². The molecule has 4 rings (SSSR count). The van der Waals surface area contributed by atoms with E-state index in [9.17, 15) is 4.79 Å². The Hall–Kier alpha value is -3.49. The van der Waals surface area contributed by atoms with Gasteiger partial charge in [-0.3, -0.25) is 4.79 Å². The van der Waals surface area contributed by atoms with E-state index in [0.717, 1.165) is 43.5 Å². The third kappa shape index (κ3) is 6.75. The predicted octanol–water partition coefficient (Wildman–Crippen LogP) is 7.64. The minimum atomic E-state index is 0.113. The molecule has 1 saturated carbocycles.